The molecule has 0 saturated carbocycles. The van der Waals surface area contributed by atoms with Gasteiger partial charge >= 0.3 is 56.2 Å². The van der Waals surface area contributed by atoms with Gasteiger partial charge in [-0.05, 0) is 61.4 Å². The van der Waals surface area contributed by atoms with Crippen molar-refractivity contribution >= 4 is 14.2 Å². The average molecular weight is 951 g/mol. The molecule has 0 aliphatic rings. The fourth-order valence-corrected chi connectivity index (χ4v) is 8.44. The van der Waals surface area contributed by atoms with E-state index in [1.165, 1.54) is 187 Å². The van der Waals surface area contributed by atoms with E-state index in [0.717, 1.165) is 24.7 Å². The Morgan fingerprint density at radius 1 is 0.352 bits per heavy atom. The molecule has 316 valence electrons. The van der Waals surface area contributed by atoms with Crippen LogP contribution < -0.4 is 30.7 Å². The fraction of sp³-hybridized carbons (Fsp3) is 0.727. The van der Waals surface area contributed by atoms with Gasteiger partial charge in [0.1, 0.15) is 11.5 Å². The molecule has 0 heterocycles. The molecule has 0 aromatic heterocycles. The van der Waals surface area contributed by atoms with Crippen LogP contribution in [0.4, 0.5) is 20.8 Å². The number of rotatable bonds is 34. The van der Waals surface area contributed by atoms with Crippen LogP contribution in [-0.2, 0) is 0 Å². The van der Waals surface area contributed by atoms with Gasteiger partial charge < -0.3 is 9.47 Å². The molecule has 0 unspecified atom stereocenters. The Balaban J connectivity index is 0.00000189. The van der Waals surface area contributed by atoms with Crippen molar-refractivity contribution in [2.75, 3.05) is 13.2 Å². The Hall–Kier alpha value is -1.09. The maximum absolute atomic E-state index is 11.1. The molecule has 2 rings (SSSR count). The molecule has 0 amide bonds. The number of ether oxygens (including phenoxy) is 2. The molecular formula is C44H74AsF6IO2. The Morgan fingerprint density at radius 3 is 0.778 bits per heavy atom. The molecule has 0 saturated heterocycles. The Morgan fingerprint density at radius 2 is 0.556 bits per heavy atom. The Bertz CT molecular complexity index is 1040. The van der Waals surface area contributed by atoms with Gasteiger partial charge in [0.2, 0.25) is 0 Å². The first kappa shape index (κ1) is 50.9. The van der Waals surface area contributed by atoms with Gasteiger partial charge in [0.25, 0.3) is 0 Å². The van der Waals surface area contributed by atoms with E-state index in [2.05, 4.69) is 62.4 Å². The summed E-state index contributed by atoms with van der Waals surface area (Å²) in [6.07, 6.45) is 39.0. The van der Waals surface area contributed by atoms with Crippen molar-refractivity contribution in [2.45, 2.75) is 194 Å². The van der Waals surface area contributed by atoms with Crippen LogP contribution in [0.1, 0.15) is 194 Å². The number of hydrogen-bond donors (Lipinski definition) is 0. The summed E-state index contributed by atoms with van der Waals surface area (Å²) in [6, 6.07) is 17.7. The van der Waals surface area contributed by atoms with Crippen molar-refractivity contribution in [3.8, 4) is 11.5 Å². The molecule has 0 spiro atoms. The minimum atomic E-state index is -11.1. The Kier molecular flexibility index (Phi) is 28.3. The van der Waals surface area contributed by atoms with Gasteiger partial charge in [-0.1, -0.05) is 181 Å². The van der Waals surface area contributed by atoms with Crippen molar-refractivity contribution in [3.63, 3.8) is 0 Å². The van der Waals surface area contributed by atoms with Gasteiger partial charge in [-0.25, -0.2) is 0 Å². The summed E-state index contributed by atoms with van der Waals surface area (Å²) < 4.78 is 74.4. The molecule has 0 bridgehead atoms. The molecule has 2 nitrogen and oxygen atoms in total. The molecule has 10 heteroatoms. The third kappa shape index (κ3) is 39.2. The second-order valence-corrected chi connectivity index (χ2v) is 21.9. The third-order valence-corrected chi connectivity index (χ3v) is 12.1. The van der Waals surface area contributed by atoms with Crippen LogP contribution in [-0.4, -0.2) is 27.4 Å². The van der Waals surface area contributed by atoms with E-state index < -0.39 is 14.2 Å². The van der Waals surface area contributed by atoms with Crippen molar-refractivity contribution in [1.29, 1.82) is 0 Å². The molecule has 0 aliphatic heterocycles. The molecule has 0 atom stereocenters. The first-order valence-corrected chi connectivity index (χ1v) is 27.8. The molecule has 2 aromatic carbocycles. The zero-order valence-corrected chi connectivity index (χ0v) is 37.8. The van der Waals surface area contributed by atoms with Crippen LogP contribution in [0.25, 0.3) is 0 Å². The van der Waals surface area contributed by atoms with E-state index in [9.17, 15) is 20.8 Å². The van der Waals surface area contributed by atoms with E-state index in [-0.39, 0.29) is 21.2 Å². The SMILES string of the molecule is CCCCCCCCCCCCCCCCOc1ccc([I+]c2ccc(OCCCCCCCCCCCCCCCC)cc2)cc1.F[As-](F)(F)(F)(F)F. The summed E-state index contributed by atoms with van der Waals surface area (Å²) in [4.78, 5) is 0. The fourth-order valence-electron chi connectivity index (χ4n) is 6.29. The van der Waals surface area contributed by atoms with Crippen LogP contribution in [0.5, 0.6) is 11.5 Å². The van der Waals surface area contributed by atoms with Gasteiger partial charge in [0, 0.05) is 0 Å². The van der Waals surface area contributed by atoms with E-state index in [0.29, 0.717) is 0 Å². The summed E-state index contributed by atoms with van der Waals surface area (Å²) in [6.45, 7) is 6.27. The van der Waals surface area contributed by atoms with Crippen LogP contribution in [0.15, 0.2) is 48.5 Å². The number of hydrogen-bond acceptors (Lipinski definition) is 2. The summed E-state index contributed by atoms with van der Waals surface area (Å²) in [5, 5.41) is 0. The van der Waals surface area contributed by atoms with Crippen molar-refractivity contribution in [1.82, 2.24) is 0 Å². The van der Waals surface area contributed by atoms with Gasteiger partial charge in [-0.3, -0.25) is 0 Å². The predicted octanol–water partition coefficient (Wildman–Crippen LogP) is 13.7. The number of unbranched alkanes of at least 4 members (excludes halogenated alkanes) is 26. The molecule has 54 heavy (non-hydrogen) atoms. The van der Waals surface area contributed by atoms with E-state index in [1.54, 1.807) is 0 Å². The Labute approximate surface area is 337 Å². The van der Waals surface area contributed by atoms with Gasteiger partial charge in [0.15, 0.2) is 7.14 Å². The molecule has 0 radical (unpaired) electrons. The maximum atomic E-state index is 9.91. The summed E-state index contributed by atoms with van der Waals surface area (Å²) in [5.74, 6) is 2.03. The van der Waals surface area contributed by atoms with Gasteiger partial charge in [-0.2, -0.15) is 0 Å². The third-order valence-electron chi connectivity index (χ3n) is 9.38. The normalized spacial score (nSPS) is 12.8. The monoisotopic (exact) mass is 950 g/mol. The van der Waals surface area contributed by atoms with Gasteiger partial charge in [-0.15, -0.1) is 0 Å². The summed E-state index contributed by atoms with van der Waals surface area (Å²) in [5.41, 5.74) is 0. The predicted molar refractivity (Wildman–Crippen MR) is 214 cm³/mol. The zero-order chi connectivity index (χ0) is 39.7. The number of benzene rings is 2. The van der Waals surface area contributed by atoms with Crippen LogP contribution >= 0.6 is 0 Å². The second kappa shape index (κ2) is 30.1. The van der Waals surface area contributed by atoms with E-state index in [4.69, 9.17) is 9.47 Å². The first-order valence-electron chi connectivity index (χ1n) is 21.4. The molecule has 2 aromatic rings. The van der Waals surface area contributed by atoms with E-state index >= 15 is 0 Å². The molecule has 0 aliphatic carbocycles. The van der Waals surface area contributed by atoms with Crippen molar-refractivity contribution in [3.05, 3.63) is 55.7 Å². The number of halogens is 7. The average Bonchev–Trinajstić information content (AvgIpc) is 3.11. The van der Waals surface area contributed by atoms with Crippen LogP contribution in [0.3, 0.4) is 0 Å². The van der Waals surface area contributed by atoms with Crippen molar-refractivity contribution in [2.24, 2.45) is 0 Å². The molecular weight excluding hydrogens is 876 g/mol. The molecule has 0 fully saturated rings. The first-order chi connectivity index (χ1) is 25.8. The summed E-state index contributed by atoms with van der Waals surface area (Å²) in [7, 11) is 0. The second-order valence-electron chi connectivity index (χ2n) is 14.8. The quantitative estimate of drug-likeness (QED) is 0.0301. The summed E-state index contributed by atoms with van der Waals surface area (Å²) >= 11 is -11.2. The van der Waals surface area contributed by atoms with E-state index in [1.807, 2.05) is 0 Å². The standard InChI is InChI=1S/C44H74IO2.AsF6/c1-3-5-7-9-11-13-15-17-19-21-23-25-27-29-39-46-43-35-31-41(32-36-43)45-42-33-37-44(38-34-42)47-40-30-28-26-24-22-20-18-16-14-12-10-8-6-4-2;2-1(3,4,5,6)7/h31-38H,3-30,39-40H2,1-2H3;/q+1;-1. The zero-order valence-electron chi connectivity index (χ0n) is 33.7. The van der Waals surface area contributed by atoms with Crippen LogP contribution in [0, 0.1) is 7.14 Å². The van der Waals surface area contributed by atoms with Crippen molar-refractivity contribution < 1.29 is 51.5 Å². The molecule has 0 N–H and O–H groups in total. The van der Waals surface area contributed by atoms with Crippen LogP contribution in [0.2, 0.25) is 0 Å². The topological polar surface area (TPSA) is 18.5 Å². The minimum absolute atomic E-state index is 0.178. The van der Waals surface area contributed by atoms with Gasteiger partial charge in [0.05, 0.1) is 13.2 Å².